The number of hydrogen-bond donors (Lipinski definition) is 0. The lowest BCUT2D eigenvalue weighted by Crippen LogP contribution is -2.47. The number of alkyl halides is 2. The van der Waals surface area contributed by atoms with Gasteiger partial charge in [0.2, 0.25) is 0 Å². The van der Waals surface area contributed by atoms with Crippen LogP contribution >= 0.6 is 0 Å². The first-order chi connectivity index (χ1) is 8.86. The molecule has 0 aromatic heterocycles. The minimum atomic E-state index is -2.63. The van der Waals surface area contributed by atoms with Crippen molar-refractivity contribution in [2.45, 2.75) is 38.8 Å². The third-order valence-corrected chi connectivity index (χ3v) is 3.74. The molecular weight excluding hydrogens is 255 g/mol. The van der Waals surface area contributed by atoms with Crippen LogP contribution in [0.2, 0.25) is 0 Å². The van der Waals surface area contributed by atoms with Crippen molar-refractivity contribution in [1.82, 2.24) is 0 Å². The Hall–Kier alpha value is -1.52. The topological polar surface area (TPSA) is 21.6 Å². The zero-order chi connectivity index (χ0) is 14.2. The predicted molar refractivity (Wildman–Crippen MR) is 66.9 cm³/mol. The summed E-state index contributed by atoms with van der Waals surface area (Å²) in [5, 5.41) is 0. The van der Waals surface area contributed by atoms with Gasteiger partial charge in [0, 0.05) is 18.4 Å². The number of ether oxygens (including phenoxy) is 1. The van der Waals surface area contributed by atoms with Crippen LogP contribution in [0.15, 0.2) is 29.3 Å². The molecule has 0 saturated heterocycles. The van der Waals surface area contributed by atoms with Gasteiger partial charge in [0.25, 0.3) is 6.43 Å². The average Bonchev–Trinajstić information content (AvgIpc) is 2.34. The summed E-state index contributed by atoms with van der Waals surface area (Å²) in [5.41, 5.74) is -0.731. The van der Waals surface area contributed by atoms with Gasteiger partial charge in [-0.15, -0.1) is 0 Å². The van der Waals surface area contributed by atoms with Gasteiger partial charge >= 0.3 is 0 Å². The average molecular weight is 271 g/mol. The fraction of sp³-hybridized carbons (Fsp3) is 0.500. The van der Waals surface area contributed by atoms with Gasteiger partial charge < -0.3 is 4.74 Å². The molecule has 0 fully saturated rings. The smallest absolute Gasteiger partial charge is 0.275 e. The molecule has 104 valence electrons. The standard InChI is InChI=1S/C14H16F3NO/c1-8-12(13(16)17)19-9(2)18-14(8,3)10-6-4-5-7-11(10)15/h4-8,12-13H,1-3H3/t8-,12-,14-/m0/s1. The molecule has 0 bridgehead atoms. The maximum atomic E-state index is 14.0. The Balaban J connectivity index is 2.52. The highest BCUT2D eigenvalue weighted by molar-refractivity contribution is 5.75. The van der Waals surface area contributed by atoms with Gasteiger partial charge in [-0.25, -0.2) is 18.2 Å². The van der Waals surface area contributed by atoms with E-state index in [0.717, 1.165) is 0 Å². The lowest BCUT2D eigenvalue weighted by Gasteiger charge is -2.41. The Morgan fingerprint density at radius 3 is 2.53 bits per heavy atom. The molecule has 5 heteroatoms. The van der Waals surface area contributed by atoms with Crippen LogP contribution in [-0.2, 0) is 10.3 Å². The van der Waals surface area contributed by atoms with Crippen LogP contribution in [-0.4, -0.2) is 18.4 Å². The Kier molecular flexibility index (Phi) is 3.56. The van der Waals surface area contributed by atoms with E-state index in [1.54, 1.807) is 32.0 Å². The summed E-state index contributed by atoms with van der Waals surface area (Å²) in [6.45, 7) is 4.79. The fourth-order valence-corrected chi connectivity index (χ4v) is 2.52. The van der Waals surface area contributed by atoms with Crippen LogP contribution in [0, 0.1) is 11.7 Å². The molecule has 0 unspecified atom stereocenters. The summed E-state index contributed by atoms with van der Waals surface area (Å²) in [6.07, 6.45) is -3.91. The van der Waals surface area contributed by atoms with E-state index in [1.165, 1.54) is 13.0 Å². The molecule has 0 saturated carbocycles. The molecule has 1 aliphatic rings. The Morgan fingerprint density at radius 2 is 1.95 bits per heavy atom. The summed E-state index contributed by atoms with van der Waals surface area (Å²) in [4.78, 5) is 4.28. The van der Waals surface area contributed by atoms with E-state index in [4.69, 9.17) is 4.74 Å². The first-order valence-corrected chi connectivity index (χ1v) is 6.12. The minimum Gasteiger partial charge on any atom is -0.472 e. The predicted octanol–water partition coefficient (Wildman–Crippen LogP) is 3.76. The second-order valence-corrected chi connectivity index (χ2v) is 4.96. The first-order valence-electron chi connectivity index (χ1n) is 6.12. The monoisotopic (exact) mass is 271 g/mol. The van der Waals surface area contributed by atoms with E-state index in [9.17, 15) is 13.2 Å². The Labute approximate surface area is 110 Å². The normalized spacial score (nSPS) is 31.0. The molecule has 2 rings (SSSR count). The highest BCUT2D eigenvalue weighted by Crippen LogP contribution is 2.42. The van der Waals surface area contributed by atoms with E-state index in [2.05, 4.69) is 4.99 Å². The largest absolute Gasteiger partial charge is 0.472 e. The summed E-state index contributed by atoms with van der Waals surface area (Å²) in [6, 6.07) is 6.13. The molecule has 0 N–H and O–H groups in total. The van der Waals surface area contributed by atoms with Gasteiger partial charge in [0.1, 0.15) is 5.82 Å². The van der Waals surface area contributed by atoms with Gasteiger partial charge in [-0.05, 0) is 13.0 Å². The van der Waals surface area contributed by atoms with Crippen molar-refractivity contribution in [2.75, 3.05) is 0 Å². The molecule has 19 heavy (non-hydrogen) atoms. The van der Waals surface area contributed by atoms with Crippen molar-refractivity contribution in [1.29, 1.82) is 0 Å². The number of halogens is 3. The van der Waals surface area contributed by atoms with Crippen LogP contribution in [0.1, 0.15) is 26.3 Å². The Bertz CT molecular complexity index is 503. The molecule has 0 spiro atoms. The number of nitrogens with zero attached hydrogens (tertiary/aromatic N) is 1. The van der Waals surface area contributed by atoms with Crippen LogP contribution in [0.25, 0.3) is 0 Å². The van der Waals surface area contributed by atoms with E-state index in [-0.39, 0.29) is 5.90 Å². The van der Waals surface area contributed by atoms with Crippen LogP contribution < -0.4 is 0 Å². The lowest BCUT2D eigenvalue weighted by molar-refractivity contribution is -0.0567. The van der Waals surface area contributed by atoms with Crippen LogP contribution in [0.3, 0.4) is 0 Å². The molecule has 1 aliphatic heterocycles. The maximum absolute atomic E-state index is 14.0. The van der Waals surface area contributed by atoms with Crippen LogP contribution in [0.4, 0.5) is 13.2 Å². The minimum absolute atomic E-state index is 0.161. The number of hydrogen-bond acceptors (Lipinski definition) is 2. The molecule has 1 aromatic carbocycles. The molecule has 2 nitrogen and oxygen atoms in total. The summed E-state index contributed by atoms with van der Waals surface area (Å²) < 4.78 is 45.1. The fourth-order valence-electron chi connectivity index (χ4n) is 2.52. The molecule has 0 aliphatic carbocycles. The van der Waals surface area contributed by atoms with Crippen molar-refractivity contribution in [3.63, 3.8) is 0 Å². The van der Waals surface area contributed by atoms with Crippen LogP contribution in [0.5, 0.6) is 0 Å². The lowest BCUT2D eigenvalue weighted by atomic mass is 9.77. The van der Waals surface area contributed by atoms with Crippen molar-refractivity contribution < 1.29 is 17.9 Å². The van der Waals surface area contributed by atoms with Gasteiger partial charge in [0.15, 0.2) is 12.0 Å². The van der Waals surface area contributed by atoms with E-state index in [1.807, 2.05) is 0 Å². The molecule has 1 heterocycles. The van der Waals surface area contributed by atoms with Crippen molar-refractivity contribution in [3.8, 4) is 0 Å². The summed E-state index contributed by atoms with van der Waals surface area (Å²) in [7, 11) is 0. The van der Waals surface area contributed by atoms with Crippen molar-refractivity contribution in [3.05, 3.63) is 35.6 Å². The number of benzene rings is 1. The zero-order valence-corrected chi connectivity index (χ0v) is 11.0. The third-order valence-electron chi connectivity index (χ3n) is 3.74. The zero-order valence-electron chi connectivity index (χ0n) is 11.0. The molecule has 3 atom stereocenters. The number of rotatable bonds is 2. The highest BCUT2D eigenvalue weighted by atomic mass is 19.3. The second kappa shape index (κ2) is 4.87. The van der Waals surface area contributed by atoms with Gasteiger partial charge in [-0.1, -0.05) is 25.1 Å². The second-order valence-electron chi connectivity index (χ2n) is 4.96. The Morgan fingerprint density at radius 1 is 1.32 bits per heavy atom. The highest BCUT2D eigenvalue weighted by Gasteiger charge is 2.47. The van der Waals surface area contributed by atoms with Crippen molar-refractivity contribution >= 4 is 5.90 Å². The molecule has 0 radical (unpaired) electrons. The van der Waals surface area contributed by atoms with Crippen molar-refractivity contribution in [2.24, 2.45) is 10.9 Å². The van der Waals surface area contributed by atoms with E-state index < -0.39 is 29.8 Å². The quantitative estimate of drug-likeness (QED) is 0.802. The third kappa shape index (κ3) is 2.33. The van der Waals surface area contributed by atoms with E-state index in [0.29, 0.717) is 5.56 Å². The van der Waals surface area contributed by atoms with E-state index >= 15 is 0 Å². The van der Waals surface area contributed by atoms with Gasteiger partial charge in [-0.3, -0.25) is 0 Å². The number of aliphatic imine (C=N–C) groups is 1. The first kappa shape index (κ1) is 13.9. The maximum Gasteiger partial charge on any atom is 0.275 e. The molecule has 1 aromatic rings. The van der Waals surface area contributed by atoms with Gasteiger partial charge in [0.05, 0.1) is 5.54 Å². The molecular formula is C14H16F3NO. The molecule has 0 amide bonds. The van der Waals surface area contributed by atoms with Gasteiger partial charge in [-0.2, -0.15) is 0 Å². The SMILES string of the molecule is CC1=N[C@](C)(c2ccccc2F)[C@@H](C)[C@@H](C(F)F)O1. The summed E-state index contributed by atoms with van der Waals surface area (Å²) >= 11 is 0. The summed E-state index contributed by atoms with van der Waals surface area (Å²) in [5.74, 6) is -0.912.